The van der Waals surface area contributed by atoms with Crippen molar-refractivity contribution in [3.8, 4) is 0 Å². The molecule has 0 saturated carbocycles. The largest absolute Gasteiger partial charge is 0.373 e. The summed E-state index contributed by atoms with van der Waals surface area (Å²) in [5, 5.41) is 3.47. The average Bonchev–Trinajstić information content (AvgIpc) is 2.68. The zero-order valence-corrected chi connectivity index (χ0v) is 18.5. The van der Waals surface area contributed by atoms with E-state index in [1.165, 1.54) is 11.9 Å². The van der Waals surface area contributed by atoms with E-state index in [1.807, 2.05) is 37.3 Å². The van der Waals surface area contributed by atoms with E-state index in [2.05, 4.69) is 39.2 Å². The molecule has 1 aliphatic heterocycles. The molecule has 0 aromatic heterocycles. The molecule has 3 rings (SSSR count). The zero-order chi connectivity index (χ0) is 20.0. The van der Waals surface area contributed by atoms with E-state index in [4.69, 9.17) is 4.74 Å². The third kappa shape index (κ3) is 7.60. The van der Waals surface area contributed by atoms with Gasteiger partial charge in [-0.05, 0) is 30.2 Å². The lowest BCUT2D eigenvalue weighted by atomic mass is 10.1. The summed E-state index contributed by atoms with van der Waals surface area (Å²) in [5.41, 5.74) is 3.34. The first-order valence-electron chi connectivity index (χ1n) is 9.59. The fourth-order valence-electron chi connectivity index (χ4n) is 3.41. The van der Waals surface area contributed by atoms with Crippen molar-refractivity contribution < 1.29 is 13.2 Å². The number of hydrogen-bond acceptors (Lipinski definition) is 5. The molecule has 0 amide bonds. The van der Waals surface area contributed by atoms with Crippen molar-refractivity contribution >= 4 is 28.1 Å². The van der Waals surface area contributed by atoms with Crippen molar-refractivity contribution in [1.29, 1.82) is 0 Å². The van der Waals surface area contributed by atoms with Gasteiger partial charge in [0.2, 0.25) is 10.0 Å². The second kappa shape index (κ2) is 10.9. The molecule has 0 spiro atoms. The van der Waals surface area contributed by atoms with Crippen LogP contribution in [0, 0.1) is 0 Å². The maximum Gasteiger partial charge on any atom is 0.209 e. The van der Waals surface area contributed by atoms with Gasteiger partial charge in [-0.1, -0.05) is 42.5 Å². The number of nitrogens with zero attached hydrogens (tertiary/aromatic N) is 1. The van der Waals surface area contributed by atoms with Gasteiger partial charge in [-0.3, -0.25) is 0 Å². The van der Waals surface area contributed by atoms with E-state index in [9.17, 15) is 8.42 Å². The molecule has 8 heteroatoms. The number of benzene rings is 2. The molecule has 160 valence electrons. The van der Waals surface area contributed by atoms with Crippen LogP contribution in [0.1, 0.15) is 24.1 Å². The van der Waals surface area contributed by atoms with Gasteiger partial charge >= 0.3 is 0 Å². The van der Waals surface area contributed by atoms with Crippen molar-refractivity contribution in [2.75, 3.05) is 37.4 Å². The van der Waals surface area contributed by atoms with Gasteiger partial charge in [0.15, 0.2) is 0 Å². The summed E-state index contributed by atoms with van der Waals surface area (Å²) in [6, 6.07) is 18.2. The standard InChI is InChI=1S/C21H29N3O3S.ClH/c1-17(23-28(2,25)26)19-10-8-18(9-11-19)14-22-15-21-16-24(12-13-27-21)20-6-4-3-5-7-20;/h3-11,17,21-23H,12-16H2,1-2H3;1H/t17-,21?;/m1./s1. The van der Waals surface area contributed by atoms with Crippen LogP contribution >= 0.6 is 12.4 Å². The van der Waals surface area contributed by atoms with Crippen molar-refractivity contribution in [1.82, 2.24) is 10.0 Å². The van der Waals surface area contributed by atoms with Gasteiger partial charge in [-0.25, -0.2) is 13.1 Å². The van der Waals surface area contributed by atoms with Crippen molar-refractivity contribution in [3.05, 3.63) is 65.7 Å². The molecule has 2 aromatic rings. The average molecular weight is 440 g/mol. The highest BCUT2D eigenvalue weighted by Crippen LogP contribution is 2.17. The Morgan fingerprint density at radius 3 is 2.48 bits per heavy atom. The molecule has 0 bridgehead atoms. The lowest BCUT2D eigenvalue weighted by Crippen LogP contribution is -2.46. The first-order chi connectivity index (χ1) is 13.4. The quantitative estimate of drug-likeness (QED) is 0.661. The number of anilines is 1. The van der Waals surface area contributed by atoms with E-state index < -0.39 is 10.0 Å². The minimum absolute atomic E-state index is 0. The molecule has 6 nitrogen and oxygen atoms in total. The Labute approximate surface area is 180 Å². The van der Waals surface area contributed by atoms with Gasteiger partial charge in [0.25, 0.3) is 0 Å². The van der Waals surface area contributed by atoms with E-state index >= 15 is 0 Å². The molecule has 0 radical (unpaired) electrons. The van der Waals surface area contributed by atoms with Gasteiger partial charge in [0, 0.05) is 37.9 Å². The molecule has 2 N–H and O–H groups in total. The number of hydrogen-bond donors (Lipinski definition) is 2. The first kappa shape index (κ1) is 23.6. The van der Waals surface area contributed by atoms with Crippen molar-refractivity contribution in [2.24, 2.45) is 0 Å². The Bertz CT molecular complexity index is 847. The summed E-state index contributed by atoms with van der Waals surface area (Å²) in [7, 11) is -3.21. The summed E-state index contributed by atoms with van der Waals surface area (Å²) in [4.78, 5) is 2.36. The van der Waals surface area contributed by atoms with Crippen LogP contribution in [0.5, 0.6) is 0 Å². The highest BCUT2D eigenvalue weighted by atomic mass is 35.5. The topological polar surface area (TPSA) is 70.7 Å². The minimum atomic E-state index is -3.21. The molecule has 1 aliphatic rings. The second-order valence-corrected chi connectivity index (χ2v) is 9.04. The van der Waals surface area contributed by atoms with Crippen LogP contribution < -0.4 is 14.9 Å². The molecular weight excluding hydrogens is 410 g/mol. The molecule has 0 aliphatic carbocycles. The summed E-state index contributed by atoms with van der Waals surface area (Å²) in [6.07, 6.45) is 1.33. The van der Waals surface area contributed by atoms with E-state index in [1.54, 1.807) is 0 Å². The lowest BCUT2D eigenvalue weighted by Gasteiger charge is -2.34. The third-order valence-corrected chi connectivity index (χ3v) is 5.61. The third-order valence-electron chi connectivity index (χ3n) is 4.83. The highest BCUT2D eigenvalue weighted by molar-refractivity contribution is 7.88. The number of morpholine rings is 1. The van der Waals surface area contributed by atoms with Crippen molar-refractivity contribution in [2.45, 2.75) is 25.6 Å². The van der Waals surface area contributed by atoms with Crippen LogP contribution in [-0.2, 0) is 21.3 Å². The minimum Gasteiger partial charge on any atom is -0.373 e. The predicted octanol–water partition coefficient (Wildman–Crippen LogP) is 2.71. The van der Waals surface area contributed by atoms with Gasteiger partial charge in [-0.15, -0.1) is 12.4 Å². The van der Waals surface area contributed by atoms with Gasteiger partial charge in [0.1, 0.15) is 0 Å². The van der Waals surface area contributed by atoms with E-state index in [-0.39, 0.29) is 24.6 Å². The number of sulfonamides is 1. The second-order valence-electron chi connectivity index (χ2n) is 7.26. The summed E-state index contributed by atoms with van der Waals surface area (Å²) in [5.74, 6) is 0. The van der Waals surface area contributed by atoms with Gasteiger partial charge < -0.3 is 15.0 Å². The molecule has 1 unspecified atom stereocenters. The predicted molar refractivity (Wildman–Crippen MR) is 120 cm³/mol. The monoisotopic (exact) mass is 439 g/mol. The Morgan fingerprint density at radius 2 is 1.83 bits per heavy atom. The maximum absolute atomic E-state index is 11.4. The maximum atomic E-state index is 11.4. The summed E-state index contributed by atoms with van der Waals surface area (Å²) >= 11 is 0. The van der Waals surface area contributed by atoms with Crippen LogP contribution in [0.2, 0.25) is 0 Å². The number of para-hydroxylation sites is 1. The molecule has 1 saturated heterocycles. The Kier molecular flexibility index (Phi) is 8.92. The molecule has 29 heavy (non-hydrogen) atoms. The Balaban J connectivity index is 0.00000300. The number of halogens is 1. The van der Waals surface area contributed by atoms with Crippen LogP contribution in [-0.4, -0.2) is 47.0 Å². The normalized spacial score (nSPS) is 18.1. The Hall–Kier alpha value is -1.64. The molecule has 1 heterocycles. The zero-order valence-electron chi connectivity index (χ0n) is 16.9. The fraction of sp³-hybridized carbons (Fsp3) is 0.429. The SMILES string of the molecule is C[C@@H](NS(C)(=O)=O)c1ccc(CNCC2CN(c3ccccc3)CCO2)cc1.Cl. The van der Waals surface area contributed by atoms with Crippen molar-refractivity contribution in [3.63, 3.8) is 0 Å². The van der Waals surface area contributed by atoms with Crippen LogP contribution in [0.4, 0.5) is 5.69 Å². The summed E-state index contributed by atoms with van der Waals surface area (Å²) < 4.78 is 31.2. The number of nitrogens with one attached hydrogen (secondary N) is 2. The molecule has 1 fully saturated rings. The lowest BCUT2D eigenvalue weighted by molar-refractivity contribution is 0.0407. The summed E-state index contributed by atoms with van der Waals surface area (Å²) in [6.45, 7) is 5.91. The fourth-order valence-corrected chi connectivity index (χ4v) is 4.19. The smallest absolute Gasteiger partial charge is 0.209 e. The van der Waals surface area contributed by atoms with Gasteiger partial charge in [0.05, 0.1) is 19.0 Å². The van der Waals surface area contributed by atoms with Crippen LogP contribution in [0.15, 0.2) is 54.6 Å². The number of ether oxygens (including phenoxy) is 1. The highest BCUT2D eigenvalue weighted by Gasteiger charge is 2.20. The van der Waals surface area contributed by atoms with Crippen LogP contribution in [0.3, 0.4) is 0 Å². The van der Waals surface area contributed by atoms with Crippen LogP contribution in [0.25, 0.3) is 0 Å². The number of rotatable bonds is 8. The van der Waals surface area contributed by atoms with E-state index in [0.717, 1.165) is 43.9 Å². The molecule has 2 atom stereocenters. The van der Waals surface area contributed by atoms with Gasteiger partial charge in [-0.2, -0.15) is 0 Å². The Morgan fingerprint density at radius 1 is 1.14 bits per heavy atom. The van der Waals surface area contributed by atoms with E-state index in [0.29, 0.717) is 0 Å². The molecule has 2 aromatic carbocycles. The first-order valence-corrected chi connectivity index (χ1v) is 11.5. The molecular formula is C21H30ClN3O3S.